The van der Waals surface area contributed by atoms with Crippen LogP contribution in [0.25, 0.3) is 5.69 Å². The summed E-state index contributed by atoms with van der Waals surface area (Å²) in [4.78, 5) is 11.9. The van der Waals surface area contributed by atoms with Crippen molar-refractivity contribution >= 4 is 0 Å². The molecule has 20 heavy (non-hydrogen) atoms. The molecule has 0 spiro atoms. The van der Waals surface area contributed by atoms with Crippen LogP contribution in [0.15, 0.2) is 29.1 Å². The van der Waals surface area contributed by atoms with Crippen molar-refractivity contribution in [2.45, 2.75) is 26.3 Å². The summed E-state index contributed by atoms with van der Waals surface area (Å²) in [6, 6.07) is 4.79. The number of halogens is 2. The van der Waals surface area contributed by atoms with Gasteiger partial charge in [-0.15, -0.1) is 0 Å². The Labute approximate surface area is 114 Å². The highest BCUT2D eigenvalue weighted by molar-refractivity contribution is 5.34. The summed E-state index contributed by atoms with van der Waals surface area (Å²) in [7, 11) is 0. The lowest BCUT2D eigenvalue weighted by molar-refractivity contribution is 0.501. The maximum atomic E-state index is 13.3. The van der Waals surface area contributed by atoms with Crippen LogP contribution in [0.4, 0.5) is 8.78 Å². The van der Waals surface area contributed by atoms with E-state index in [9.17, 15) is 13.6 Å². The van der Waals surface area contributed by atoms with E-state index >= 15 is 0 Å². The summed E-state index contributed by atoms with van der Waals surface area (Å²) in [6.45, 7) is 4.96. The number of rotatable bonds is 2. The zero-order valence-corrected chi connectivity index (χ0v) is 11.4. The first-order valence-corrected chi connectivity index (χ1v) is 6.06. The SMILES string of the molecule is Cc1cc(=O)c(C(C)(C)N)nn1-c1ccc(F)c(F)c1. The minimum Gasteiger partial charge on any atom is -0.320 e. The topological polar surface area (TPSA) is 60.9 Å². The van der Waals surface area contributed by atoms with Crippen molar-refractivity contribution in [3.8, 4) is 5.69 Å². The van der Waals surface area contributed by atoms with Crippen LogP contribution < -0.4 is 11.2 Å². The molecule has 0 aliphatic carbocycles. The first kappa shape index (κ1) is 14.3. The van der Waals surface area contributed by atoms with Gasteiger partial charge in [-0.05, 0) is 32.9 Å². The smallest absolute Gasteiger partial charge is 0.205 e. The van der Waals surface area contributed by atoms with Crippen molar-refractivity contribution < 1.29 is 8.78 Å². The van der Waals surface area contributed by atoms with E-state index in [1.165, 1.54) is 16.8 Å². The highest BCUT2D eigenvalue weighted by Gasteiger charge is 2.21. The number of aromatic nitrogens is 2. The average Bonchev–Trinajstić information content (AvgIpc) is 2.31. The van der Waals surface area contributed by atoms with Gasteiger partial charge in [-0.3, -0.25) is 4.79 Å². The molecule has 1 heterocycles. The van der Waals surface area contributed by atoms with Crippen molar-refractivity contribution in [2.75, 3.05) is 0 Å². The van der Waals surface area contributed by atoms with Gasteiger partial charge in [0.15, 0.2) is 11.6 Å². The molecule has 1 aromatic carbocycles. The Hall–Kier alpha value is -2.08. The minimum atomic E-state index is -0.976. The number of nitrogens with two attached hydrogens (primary N) is 1. The molecule has 0 aliphatic rings. The number of benzene rings is 1. The van der Waals surface area contributed by atoms with Gasteiger partial charge in [-0.1, -0.05) is 0 Å². The lowest BCUT2D eigenvalue weighted by Crippen LogP contribution is -2.37. The van der Waals surface area contributed by atoms with Crippen LogP contribution in [-0.4, -0.2) is 9.78 Å². The summed E-state index contributed by atoms with van der Waals surface area (Å²) in [5.74, 6) is -1.91. The molecule has 0 fully saturated rings. The number of nitrogens with zero attached hydrogens (tertiary/aromatic N) is 2. The van der Waals surface area contributed by atoms with Gasteiger partial charge in [-0.2, -0.15) is 5.10 Å². The fraction of sp³-hybridized carbons (Fsp3) is 0.286. The van der Waals surface area contributed by atoms with Crippen molar-refractivity contribution in [3.05, 3.63) is 57.5 Å². The first-order chi connectivity index (χ1) is 9.20. The predicted octanol–water partition coefficient (Wildman–Crippen LogP) is 2.01. The normalized spacial score (nSPS) is 11.7. The van der Waals surface area contributed by atoms with E-state index in [4.69, 9.17) is 5.73 Å². The average molecular weight is 279 g/mol. The van der Waals surface area contributed by atoms with Crippen LogP contribution >= 0.6 is 0 Å². The quantitative estimate of drug-likeness (QED) is 0.914. The minimum absolute atomic E-state index is 0.160. The second-order valence-corrected chi connectivity index (χ2v) is 5.23. The van der Waals surface area contributed by atoms with Crippen LogP contribution in [-0.2, 0) is 5.54 Å². The lowest BCUT2D eigenvalue weighted by atomic mass is 10.0. The molecule has 0 aliphatic heterocycles. The molecule has 106 valence electrons. The van der Waals surface area contributed by atoms with Gasteiger partial charge in [0.1, 0.15) is 5.69 Å². The van der Waals surface area contributed by atoms with Crippen LogP contribution in [0.5, 0.6) is 0 Å². The van der Waals surface area contributed by atoms with Gasteiger partial charge < -0.3 is 5.73 Å². The van der Waals surface area contributed by atoms with Crippen LogP contribution in [0.3, 0.4) is 0 Å². The highest BCUT2D eigenvalue weighted by atomic mass is 19.2. The molecule has 0 saturated heterocycles. The van der Waals surface area contributed by atoms with Crippen molar-refractivity contribution in [1.29, 1.82) is 0 Å². The largest absolute Gasteiger partial charge is 0.320 e. The van der Waals surface area contributed by atoms with Crippen molar-refractivity contribution in [3.63, 3.8) is 0 Å². The summed E-state index contributed by atoms with van der Waals surface area (Å²) < 4.78 is 27.6. The molecule has 0 radical (unpaired) electrons. The molecule has 2 N–H and O–H groups in total. The van der Waals surface area contributed by atoms with Crippen molar-refractivity contribution in [1.82, 2.24) is 9.78 Å². The molecule has 4 nitrogen and oxygen atoms in total. The zero-order chi connectivity index (χ0) is 15.1. The van der Waals surface area contributed by atoms with Crippen LogP contribution in [0.2, 0.25) is 0 Å². The number of aryl methyl sites for hydroxylation is 1. The Morgan fingerprint density at radius 1 is 1.20 bits per heavy atom. The molecule has 0 atom stereocenters. The second-order valence-electron chi connectivity index (χ2n) is 5.23. The third kappa shape index (κ3) is 2.60. The van der Waals surface area contributed by atoms with Gasteiger partial charge in [0.25, 0.3) is 0 Å². The Morgan fingerprint density at radius 3 is 2.40 bits per heavy atom. The van der Waals surface area contributed by atoms with Gasteiger partial charge >= 0.3 is 0 Å². The maximum absolute atomic E-state index is 13.3. The standard InChI is InChI=1S/C14H15F2N3O/c1-8-6-12(20)13(14(2,3)17)18-19(8)9-4-5-10(15)11(16)7-9/h4-7H,17H2,1-3H3. The Morgan fingerprint density at radius 2 is 1.85 bits per heavy atom. The van der Waals surface area contributed by atoms with Gasteiger partial charge in [0.05, 0.1) is 11.2 Å². The highest BCUT2D eigenvalue weighted by Crippen LogP contribution is 2.16. The Kier molecular flexibility index (Phi) is 3.43. The molecule has 0 amide bonds. The summed E-state index contributed by atoms with van der Waals surface area (Å²) in [5, 5.41) is 4.17. The fourth-order valence-corrected chi connectivity index (χ4v) is 1.87. The van der Waals surface area contributed by atoms with Gasteiger partial charge in [0.2, 0.25) is 5.43 Å². The Balaban J connectivity index is 2.68. The summed E-state index contributed by atoms with van der Waals surface area (Å²) >= 11 is 0. The van der Waals surface area contributed by atoms with E-state index < -0.39 is 17.2 Å². The van der Waals surface area contributed by atoms with Gasteiger partial charge in [0, 0.05) is 17.8 Å². The summed E-state index contributed by atoms with van der Waals surface area (Å²) in [6.07, 6.45) is 0. The monoisotopic (exact) mass is 279 g/mol. The summed E-state index contributed by atoms with van der Waals surface area (Å²) in [5.41, 5.74) is 5.68. The molecule has 6 heteroatoms. The van der Waals surface area contributed by atoms with E-state index in [-0.39, 0.29) is 11.1 Å². The third-order valence-corrected chi connectivity index (χ3v) is 2.87. The predicted molar refractivity (Wildman–Crippen MR) is 71.7 cm³/mol. The third-order valence-electron chi connectivity index (χ3n) is 2.87. The molecule has 2 rings (SSSR count). The van der Waals surface area contributed by atoms with Crippen molar-refractivity contribution in [2.24, 2.45) is 5.73 Å². The van der Waals surface area contributed by atoms with E-state index in [0.717, 1.165) is 12.1 Å². The fourth-order valence-electron chi connectivity index (χ4n) is 1.87. The zero-order valence-electron chi connectivity index (χ0n) is 11.4. The number of hydrogen-bond acceptors (Lipinski definition) is 3. The molecule has 0 saturated carbocycles. The molecule has 0 bridgehead atoms. The Bertz CT molecular complexity index is 717. The molecular weight excluding hydrogens is 264 g/mol. The molecular formula is C14H15F2N3O. The molecule has 1 aromatic heterocycles. The van der Waals surface area contributed by atoms with E-state index in [1.54, 1.807) is 20.8 Å². The lowest BCUT2D eigenvalue weighted by Gasteiger charge is -2.19. The molecule has 2 aromatic rings. The second kappa shape index (κ2) is 4.79. The van der Waals surface area contributed by atoms with Crippen LogP contribution in [0, 0.1) is 18.6 Å². The van der Waals surface area contributed by atoms with Gasteiger partial charge in [-0.25, -0.2) is 13.5 Å². The van der Waals surface area contributed by atoms with E-state index in [0.29, 0.717) is 11.4 Å². The van der Waals surface area contributed by atoms with Crippen LogP contribution in [0.1, 0.15) is 25.2 Å². The van der Waals surface area contributed by atoms with E-state index in [1.807, 2.05) is 0 Å². The molecule has 0 unspecified atom stereocenters. The van der Waals surface area contributed by atoms with E-state index in [2.05, 4.69) is 5.10 Å². The first-order valence-electron chi connectivity index (χ1n) is 6.06. The number of hydrogen-bond donors (Lipinski definition) is 1. The maximum Gasteiger partial charge on any atom is 0.205 e.